The summed E-state index contributed by atoms with van der Waals surface area (Å²) in [4.78, 5) is 10.1. The molecule has 0 aliphatic heterocycles. The Bertz CT molecular complexity index is 371. The molecule has 0 aromatic heterocycles. The second-order valence-corrected chi connectivity index (χ2v) is 3.85. The molecule has 0 radical (unpaired) electrons. The third kappa shape index (κ3) is 4.59. The molecule has 0 bridgehead atoms. The fourth-order valence-electron chi connectivity index (χ4n) is 1.04. The van der Waals surface area contributed by atoms with Crippen LogP contribution in [0.2, 0.25) is 10.0 Å². The average Bonchev–Trinajstić information content (AvgIpc) is 2.20. The fourth-order valence-corrected chi connectivity index (χ4v) is 1.50. The van der Waals surface area contributed by atoms with Crippen molar-refractivity contribution in [2.75, 3.05) is 13.2 Å². The van der Waals surface area contributed by atoms with Gasteiger partial charge in [0, 0.05) is 11.6 Å². The van der Waals surface area contributed by atoms with Crippen molar-refractivity contribution in [3.05, 3.63) is 28.2 Å². The highest BCUT2D eigenvalue weighted by Crippen LogP contribution is 2.27. The van der Waals surface area contributed by atoms with Gasteiger partial charge in [-0.2, -0.15) is 0 Å². The summed E-state index contributed by atoms with van der Waals surface area (Å²) in [6.07, 6.45) is -0.463. The molecule has 1 amide bonds. The van der Waals surface area contributed by atoms with Crippen molar-refractivity contribution in [1.82, 2.24) is 5.32 Å². The van der Waals surface area contributed by atoms with Crippen molar-refractivity contribution in [3.63, 3.8) is 0 Å². The smallest absolute Gasteiger partial charge is 0.404 e. The number of halogens is 2. The van der Waals surface area contributed by atoms with E-state index in [0.717, 1.165) is 0 Å². The largest absolute Gasteiger partial charge is 0.492 e. The first-order valence-corrected chi connectivity index (χ1v) is 5.40. The van der Waals surface area contributed by atoms with Crippen LogP contribution in [0.25, 0.3) is 0 Å². The molecule has 16 heavy (non-hydrogen) atoms. The summed E-state index contributed by atoms with van der Waals surface area (Å²) in [5.74, 6) is 0.543. The van der Waals surface area contributed by atoms with Crippen LogP contribution < -0.4 is 10.1 Å². The molecule has 6 heteroatoms. The molecule has 0 saturated carbocycles. The topological polar surface area (TPSA) is 58.6 Å². The quantitative estimate of drug-likeness (QED) is 0.803. The number of amides is 1. The van der Waals surface area contributed by atoms with Gasteiger partial charge in [-0.1, -0.05) is 23.2 Å². The molecule has 0 atom stereocenters. The standard InChI is InChI=1S/C10H11Cl2NO3/c11-7-2-3-9(8(12)6-7)16-5-1-4-13-10(14)15/h2-3,6,13H,1,4-5H2,(H,14,15). The van der Waals surface area contributed by atoms with Gasteiger partial charge in [0.05, 0.1) is 11.6 Å². The predicted molar refractivity (Wildman–Crippen MR) is 62.6 cm³/mol. The first-order chi connectivity index (χ1) is 7.59. The average molecular weight is 264 g/mol. The first-order valence-electron chi connectivity index (χ1n) is 4.64. The highest BCUT2D eigenvalue weighted by molar-refractivity contribution is 6.35. The fraction of sp³-hybridized carbons (Fsp3) is 0.300. The molecule has 0 spiro atoms. The van der Waals surface area contributed by atoms with E-state index in [9.17, 15) is 4.79 Å². The van der Waals surface area contributed by atoms with E-state index < -0.39 is 6.09 Å². The molecule has 1 aromatic carbocycles. The van der Waals surface area contributed by atoms with E-state index in [-0.39, 0.29) is 0 Å². The minimum Gasteiger partial charge on any atom is -0.492 e. The number of hydrogen-bond acceptors (Lipinski definition) is 2. The van der Waals surface area contributed by atoms with Gasteiger partial charge in [0.2, 0.25) is 0 Å². The summed E-state index contributed by atoms with van der Waals surface area (Å²) in [5.41, 5.74) is 0. The maximum atomic E-state index is 10.1. The lowest BCUT2D eigenvalue weighted by Gasteiger charge is -2.07. The third-order valence-corrected chi connectivity index (χ3v) is 2.28. The van der Waals surface area contributed by atoms with Crippen LogP contribution in [0.4, 0.5) is 4.79 Å². The predicted octanol–water partition coefficient (Wildman–Crippen LogP) is 3.03. The molecule has 0 aliphatic carbocycles. The van der Waals surface area contributed by atoms with Gasteiger partial charge in [0.25, 0.3) is 0 Å². The third-order valence-electron chi connectivity index (χ3n) is 1.75. The van der Waals surface area contributed by atoms with Gasteiger partial charge >= 0.3 is 6.09 Å². The number of rotatable bonds is 5. The van der Waals surface area contributed by atoms with E-state index in [1.165, 1.54) is 0 Å². The van der Waals surface area contributed by atoms with Crippen molar-refractivity contribution in [3.8, 4) is 5.75 Å². The maximum Gasteiger partial charge on any atom is 0.404 e. The Labute approximate surface area is 103 Å². The number of hydrogen-bond donors (Lipinski definition) is 2. The summed E-state index contributed by atoms with van der Waals surface area (Å²) in [7, 11) is 0. The second kappa shape index (κ2) is 6.45. The molecular weight excluding hydrogens is 253 g/mol. The summed E-state index contributed by atoms with van der Waals surface area (Å²) < 4.78 is 5.35. The molecule has 2 N–H and O–H groups in total. The monoisotopic (exact) mass is 263 g/mol. The van der Waals surface area contributed by atoms with E-state index >= 15 is 0 Å². The minimum atomic E-state index is -1.04. The van der Waals surface area contributed by atoms with Crippen LogP contribution in [0.15, 0.2) is 18.2 Å². The molecule has 0 heterocycles. The molecule has 0 saturated heterocycles. The van der Waals surface area contributed by atoms with Crippen LogP contribution in [-0.2, 0) is 0 Å². The molecule has 1 aromatic rings. The minimum absolute atomic E-state index is 0.348. The van der Waals surface area contributed by atoms with Gasteiger partial charge < -0.3 is 15.2 Å². The highest BCUT2D eigenvalue weighted by atomic mass is 35.5. The van der Waals surface area contributed by atoms with Crippen LogP contribution in [0.5, 0.6) is 5.75 Å². The number of carbonyl (C=O) groups is 1. The SMILES string of the molecule is O=C(O)NCCCOc1ccc(Cl)cc1Cl. The van der Waals surface area contributed by atoms with Crippen molar-refractivity contribution < 1.29 is 14.6 Å². The lowest BCUT2D eigenvalue weighted by atomic mass is 10.3. The normalized spacial score (nSPS) is 9.88. The van der Waals surface area contributed by atoms with Gasteiger partial charge in [-0.05, 0) is 24.6 Å². The second-order valence-electron chi connectivity index (χ2n) is 3.01. The Kier molecular flexibility index (Phi) is 5.22. The zero-order valence-corrected chi connectivity index (χ0v) is 9.88. The summed E-state index contributed by atoms with van der Waals surface area (Å²) in [5, 5.41) is 11.5. The van der Waals surface area contributed by atoms with E-state index in [1.54, 1.807) is 18.2 Å². The molecule has 0 fully saturated rings. The van der Waals surface area contributed by atoms with Crippen molar-refractivity contribution in [1.29, 1.82) is 0 Å². The van der Waals surface area contributed by atoms with E-state index in [1.807, 2.05) is 0 Å². The summed E-state index contributed by atoms with van der Waals surface area (Å²) >= 11 is 11.6. The van der Waals surface area contributed by atoms with Gasteiger partial charge in [-0.3, -0.25) is 0 Å². The van der Waals surface area contributed by atoms with Crippen LogP contribution in [0.1, 0.15) is 6.42 Å². The van der Waals surface area contributed by atoms with Gasteiger partial charge in [0.1, 0.15) is 5.75 Å². The van der Waals surface area contributed by atoms with E-state index in [4.69, 9.17) is 33.0 Å². The van der Waals surface area contributed by atoms with Gasteiger partial charge in [-0.25, -0.2) is 4.79 Å². The van der Waals surface area contributed by atoms with Crippen molar-refractivity contribution in [2.24, 2.45) is 0 Å². The molecule has 0 unspecified atom stereocenters. The lowest BCUT2D eigenvalue weighted by Crippen LogP contribution is -2.23. The zero-order chi connectivity index (χ0) is 12.0. The molecule has 88 valence electrons. The van der Waals surface area contributed by atoms with Gasteiger partial charge in [-0.15, -0.1) is 0 Å². The number of nitrogens with one attached hydrogen (secondary N) is 1. The van der Waals surface area contributed by atoms with Gasteiger partial charge in [0.15, 0.2) is 0 Å². The zero-order valence-electron chi connectivity index (χ0n) is 8.37. The van der Waals surface area contributed by atoms with Crippen LogP contribution in [0.3, 0.4) is 0 Å². The van der Waals surface area contributed by atoms with Crippen LogP contribution >= 0.6 is 23.2 Å². The Hall–Kier alpha value is -1.13. The Balaban J connectivity index is 2.29. The van der Waals surface area contributed by atoms with Crippen LogP contribution in [0, 0.1) is 0 Å². The molecule has 4 nitrogen and oxygen atoms in total. The Morgan fingerprint density at radius 3 is 2.81 bits per heavy atom. The van der Waals surface area contributed by atoms with E-state index in [0.29, 0.717) is 35.4 Å². The van der Waals surface area contributed by atoms with Crippen molar-refractivity contribution in [2.45, 2.75) is 6.42 Å². The lowest BCUT2D eigenvalue weighted by molar-refractivity contribution is 0.193. The molecular formula is C10H11Cl2NO3. The summed E-state index contributed by atoms with van der Waals surface area (Å²) in [6, 6.07) is 4.95. The number of ether oxygens (including phenoxy) is 1. The Morgan fingerprint density at radius 1 is 1.44 bits per heavy atom. The maximum absolute atomic E-state index is 10.1. The highest BCUT2D eigenvalue weighted by Gasteiger charge is 2.02. The molecule has 0 aliphatic rings. The molecule has 1 rings (SSSR count). The number of benzene rings is 1. The van der Waals surface area contributed by atoms with Crippen LogP contribution in [-0.4, -0.2) is 24.4 Å². The van der Waals surface area contributed by atoms with E-state index in [2.05, 4.69) is 5.32 Å². The number of carboxylic acid groups (broad SMARTS) is 1. The Morgan fingerprint density at radius 2 is 2.19 bits per heavy atom. The van der Waals surface area contributed by atoms with Crippen molar-refractivity contribution >= 4 is 29.3 Å². The first kappa shape index (κ1) is 12.9. The summed E-state index contributed by atoms with van der Waals surface area (Å²) in [6.45, 7) is 0.738.